The summed E-state index contributed by atoms with van der Waals surface area (Å²) in [5, 5.41) is 0. The van der Waals surface area contributed by atoms with Gasteiger partial charge in [-0.3, -0.25) is 0 Å². The first kappa shape index (κ1) is 55.3. The van der Waals surface area contributed by atoms with Crippen molar-refractivity contribution < 1.29 is 23.7 Å². The summed E-state index contributed by atoms with van der Waals surface area (Å²) >= 11 is 0. The van der Waals surface area contributed by atoms with Gasteiger partial charge in [0.25, 0.3) is 0 Å². The second-order valence-electron chi connectivity index (χ2n) is 27.7. The fourth-order valence-corrected chi connectivity index (χ4v) is 14.8. The number of aryl methyl sites for hydroxylation is 1. The number of hydrogen-bond donors (Lipinski definition) is 0. The van der Waals surface area contributed by atoms with E-state index in [-0.39, 0.29) is 21.7 Å². The van der Waals surface area contributed by atoms with Crippen molar-refractivity contribution in [1.82, 2.24) is 0 Å². The van der Waals surface area contributed by atoms with Gasteiger partial charge in [-0.25, -0.2) is 0 Å². The van der Waals surface area contributed by atoms with E-state index in [1.807, 2.05) is 0 Å². The number of ether oxygens (including phenoxy) is 5. The van der Waals surface area contributed by atoms with Crippen LogP contribution in [0.25, 0.3) is 0 Å². The van der Waals surface area contributed by atoms with E-state index in [4.69, 9.17) is 23.7 Å². The molecular weight excluding hydrogens is 993 g/mol. The molecule has 0 N–H and O–H groups in total. The van der Waals surface area contributed by atoms with Gasteiger partial charge in [0.05, 0.1) is 63.6 Å². The molecule has 5 nitrogen and oxygen atoms in total. The van der Waals surface area contributed by atoms with Crippen LogP contribution in [0.4, 0.5) is 0 Å². The Hall–Kier alpha value is -4.88. The number of hydrogen-bond acceptors (Lipinski definition) is 5. The van der Waals surface area contributed by atoms with Crippen LogP contribution in [0, 0.1) is 5.92 Å². The summed E-state index contributed by atoms with van der Waals surface area (Å²) in [6, 6.07) is 42.4. The van der Waals surface area contributed by atoms with Gasteiger partial charge in [0.15, 0.2) is 0 Å². The first-order chi connectivity index (χ1) is 39.2. The van der Waals surface area contributed by atoms with Crippen molar-refractivity contribution in [2.45, 2.75) is 217 Å². The zero-order chi connectivity index (χ0) is 55.8. The van der Waals surface area contributed by atoms with Gasteiger partial charge in [0.1, 0.15) is 0 Å². The van der Waals surface area contributed by atoms with Crippen LogP contribution in [0.3, 0.4) is 0 Å². The summed E-state index contributed by atoms with van der Waals surface area (Å²) in [5.74, 6) is 0.719. The average Bonchev–Trinajstić information content (AvgIpc) is 2.81. The molecule has 6 aromatic rings. The Balaban J connectivity index is 0.987. The molecule has 13 rings (SSSR count). The van der Waals surface area contributed by atoms with E-state index >= 15 is 0 Å². The Labute approximate surface area is 486 Å². The topological polar surface area (TPSA) is 62.6 Å². The van der Waals surface area contributed by atoms with E-state index in [1.165, 1.54) is 90.7 Å². The molecule has 6 aromatic carbocycles. The van der Waals surface area contributed by atoms with Gasteiger partial charge in [-0.05, 0) is 181 Å². The molecule has 5 aliphatic heterocycles. The van der Waals surface area contributed by atoms with Crippen molar-refractivity contribution in [2.75, 3.05) is 33.0 Å². The van der Waals surface area contributed by atoms with E-state index in [1.54, 1.807) is 27.8 Å². The summed E-state index contributed by atoms with van der Waals surface area (Å²) in [7, 11) is 0. The zero-order valence-corrected chi connectivity index (χ0v) is 50.7. The van der Waals surface area contributed by atoms with Crippen LogP contribution in [0.5, 0.6) is 0 Å². The van der Waals surface area contributed by atoms with Gasteiger partial charge in [-0.15, -0.1) is 0 Å². The second-order valence-corrected chi connectivity index (χ2v) is 27.7. The monoisotopic (exact) mass is 1080 g/mol. The van der Waals surface area contributed by atoms with Gasteiger partial charge in [-0.2, -0.15) is 0 Å². The number of rotatable bonds is 27. The van der Waals surface area contributed by atoms with Crippen molar-refractivity contribution in [2.24, 2.45) is 5.92 Å². The molecule has 0 bridgehead atoms. The van der Waals surface area contributed by atoms with Crippen LogP contribution in [-0.2, 0) is 110 Å². The molecule has 0 radical (unpaired) electrons. The standard InChI is InChI=1S/C76H92O5/c1-10-14-52-35-60(74(7,11-2)57-23-17-48(18-24-57)29-62-43-77-62)38-55(68(52)40-65-46-80-65)33-53-36-61(75(8,12-3)58-25-19-49(20-26-58)30-63-44-78-63)37-54(67(53)32-51-15-16-51)34-56-39-71(70-42-73(5,6)72(70)69(56)41-66-47-81-66)76(9,13-4)59-27-21-50(22-28-59)31-64-45-79-64/h17-28,35-39,51,62-66H,10-16,29-34,40-47H2,1-9H3. The predicted molar refractivity (Wildman–Crippen MR) is 329 cm³/mol. The highest BCUT2D eigenvalue weighted by Gasteiger charge is 2.45. The quantitative estimate of drug-likeness (QED) is 0.0481. The first-order valence-electron chi connectivity index (χ1n) is 32.0. The molecule has 2 aliphatic carbocycles. The Bertz CT molecular complexity index is 3250. The highest BCUT2D eigenvalue weighted by Crippen LogP contribution is 2.53. The molecule has 426 valence electrons. The molecule has 6 fully saturated rings. The highest BCUT2D eigenvalue weighted by atomic mass is 16.6. The van der Waals surface area contributed by atoms with Gasteiger partial charge < -0.3 is 23.7 Å². The Kier molecular flexibility index (Phi) is 15.0. The Morgan fingerprint density at radius 1 is 0.420 bits per heavy atom. The van der Waals surface area contributed by atoms with E-state index in [0.29, 0.717) is 30.5 Å². The molecule has 5 saturated heterocycles. The van der Waals surface area contributed by atoms with Crippen LogP contribution in [0.15, 0.2) is 103 Å². The molecule has 8 unspecified atom stereocenters. The van der Waals surface area contributed by atoms with Crippen molar-refractivity contribution in [3.8, 4) is 0 Å². The van der Waals surface area contributed by atoms with Gasteiger partial charge in [0, 0.05) is 48.3 Å². The fraction of sp³-hybridized carbons (Fsp3) is 0.526. The van der Waals surface area contributed by atoms with Gasteiger partial charge in [0.2, 0.25) is 0 Å². The lowest BCUT2D eigenvalue weighted by Gasteiger charge is -2.46. The molecule has 0 aromatic heterocycles. The highest BCUT2D eigenvalue weighted by molar-refractivity contribution is 5.62. The van der Waals surface area contributed by atoms with E-state index in [9.17, 15) is 0 Å². The van der Waals surface area contributed by atoms with Crippen LogP contribution < -0.4 is 0 Å². The number of epoxide rings is 5. The van der Waals surface area contributed by atoms with Crippen LogP contribution >= 0.6 is 0 Å². The van der Waals surface area contributed by atoms with Crippen molar-refractivity contribution in [1.29, 1.82) is 0 Å². The second kappa shape index (κ2) is 21.9. The molecule has 5 heterocycles. The lowest BCUT2D eigenvalue weighted by molar-refractivity contribution is 0.396. The Morgan fingerprint density at radius 2 is 0.778 bits per heavy atom. The largest absolute Gasteiger partial charge is 0.373 e. The molecule has 0 amide bonds. The third kappa shape index (κ3) is 11.6. The van der Waals surface area contributed by atoms with Crippen molar-refractivity contribution >= 4 is 0 Å². The normalized spacial score (nSPS) is 24.1. The fourth-order valence-electron chi connectivity index (χ4n) is 14.8. The lowest BCUT2D eigenvalue weighted by atomic mass is 9.58. The van der Waals surface area contributed by atoms with Crippen molar-refractivity contribution in [3.63, 3.8) is 0 Å². The van der Waals surface area contributed by atoms with Crippen LogP contribution in [0.1, 0.15) is 207 Å². The van der Waals surface area contributed by atoms with Gasteiger partial charge >= 0.3 is 0 Å². The summed E-state index contributed by atoms with van der Waals surface area (Å²) in [4.78, 5) is 0. The minimum atomic E-state index is -0.203. The Morgan fingerprint density at radius 3 is 1.15 bits per heavy atom. The number of fused-ring (bicyclic) bond motifs is 1. The molecule has 8 atom stereocenters. The summed E-state index contributed by atoms with van der Waals surface area (Å²) in [6.45, 7) is 26.6. The first-order valence-corrected chi connectivity index (χ1v) is 32.0. The minimum Gasteiger partial charge on any atom is -0.373 e. The van der Waals surface area contributed by atoms with Crippen LogP contribution in [-0.4, -0.2) is 63.6 Å². The minimum absolute atomic E-state index is 0.0962. The molecule has 5 heteroatoms. The summed E-state index contributed by atoms with van der Waals surface area (Å²) < 4.78 is 29.4. The zero-order valence-electron chi connectivity index (χ0n) is 50.7. The third-order valence-corrected chi connectivity index (χ3v) is 21.3. The predicted octanol–water partition coefficient (Wildman–Crippen LogP) is 15.5. The van der Waals surface area contributed by atoms with Gasteiger partial charge in [-0.1, -0.05) is 172 Å². The third-order valence-electron chi connectivity index (χ3n) is 21.3. The maximum atomic E-state index is 6.20. The smallest absolute Gasteiger partial charge is 0.0850 e. The molecular formula is C76H92O5. The molecule has 1 saturated carbocycles. The molecule has 0 spiro atoms. The summed E-state index contributed by atoms with van der Waals surface area (Å²) in [5.41, 5.74) is 27.9. The van der Waals surface area contributed by atoms with E-state index in [2.05, 4.69) is 165 Å². The van der Waals surface area contributed by atoms with Crippen LogP contribution in [0.2, 0.25) is 0 Å². The maximum Gasteiger partial charge on any atom is 0.0850 e. The SMILES string of the molecule is CCCc1cc(C(C)(CC)c2ccc(CC3CO3)cc2)cc(Cc2cc(C(C)(CC)c3ccc(CC4CO4)cc3)cc(Cc3cc(C(C)(CC)c4ccc(CC5CO5)cc4)c4c(c3CC3CO3)C(C)(C)C4)c2CC2CC2)c1CC1CO1. The molecule has 81 heavy (non-hydrogen) atoms. The van der Waals surface area contributed by atoms with E-state index in [0.717, 1.165) is 129 Å². The average molecular weight is 1090 g/mol. The van der Waals surface area contributed by atoms with E-state index < -0.39 is 0 Å². The lowest BCUT2D eigenvalue weighted by Crippen LogP contribution is -2.39. The summed E-state index contributed by atoms with van der Waals surface area (Å²) in [6.07, 6.45) is 18.6. The molecule has 7 aliphatic rings. The maximum absolute atomic E-state index is 6.20. The van der Waals surface area contributed by atoms with Crippen molar-refractivity contribution in [3.05, 3.63) is 209 Å². The number of benzene rings is 6.